The number of nitrogens with one attached hydrogen (secondary N) is 2. The van der Waals surface area contributed by atoms with Gasteiger partial charge in [-0.3, -0.25) is 4.79 Å². The van der Waals surface area contributed by atoms with Crippen LogP contribution in [0.25, 0.3) is 0 Å². The van der Waals surface area contributed by atoms with Gasteiger partial charge in [0.1, 0.15) is 0 Å². The Labute approximate surface area is 111 Å². The van der Waals surface area contributed by atoms with E-state index < -0.39 is 0 Å². The van der Waals surface area contributed by atoms with E-state index in [0.717, 1.165) is 38.6 Å². The quantitative estimate of drug-likeness (QED) is 0.477. The highest BCUT2D eigenvalue weighted by Crippen LogP contribution is 2.17. The van der Waals surface area contributed by atoms with Crippen molar-refractivity contribution in [1.29, 1.82) is 0 Å². The zero-order chi connectivity index (χ0) is 13.2. The molecule has 0 saturated heterocycles. The average Bonchev–Trinajstić information content (AvgIpc) is 2.63. The third-order valence-electron chi connectivity index (χ3n) is 3.73. The molecule has 0 aromatic carbocycles. The molecule has 0 radical (unpaired) electrons. The highest BCUT2D eigenvalue weighted by molar-refractivity contribution is 5.81. The topological polar surface area (TPSA) is 67.1 Å². The summed E-state index contributed by atoms with van der Waals surface area (Å²) in [6, 6.07) is 0.0356. The van der Waals surface area contributed by atoms with Crippen LogP contribution in [0.1, 0.15) is 57.8 Å². The molecule has 4 heteroatoms. The Kier molecular flexibility index (Phi) is 8.01. The summed E-state index contributed by atoms with van der Waals surface area (Å²) < 4.78 is 0. The largest absolute Gasteiger partial charge is 0.352 e. The van der Waals surface area contributed by atoms with E-state index in [4.69, 9.17) is 5.73 Å². The van der Waals surface area contributed by atoms with E-state index in [1.807, 2.05) is 7.05 Å². The highest BCUT2D eigenvalue weighted by atomic mass is 16.2. The molecule has 4 nitrogen and oxygen atoms in total. The first-order valence-electron chi connectivity index (χ1n) is 7.44. The predicted molar refractivity (Wildman–Crippen MR) is 75.4 cm³/mol. The predicted octanol–water partition coefficient (Wildman–Crippen LogP) is 1.54. The van der Waals surface area contributed by atoms with E-state index in [9.17, 15) is 4.79 Å². The number of carbonyl (C=O) groups excluding carboxylic acids is 1. The van der Waals surface area contributed by atoms with Crippen LogP contribution in [0.5, 0.6) is 0 Å². The summed E-state index contributed by atoms with van der Waals surface area (Å²) in [7, 11) is 1.94. The van der Waals surface area contributed by atoms with Crippen LogP contribution in [-0.2, 0) is 4.79 Å². The van der Waals surface area contributed by atoms with Crippen molar-refractivity contribution in [1.82, 2.24) is 10.6 Å². The first-order valence-corrected chi connectivity index (χ1v) is 7.44. The van der Waals surface area contributed by atoms with Crippen LogP contribution in [0.4, 0.5) is 0 Å². The van der Waals surface area contributed by atoms with Crippen molar-refractivity contribution < 1.29 is 4.79 Å². The standard InChI is InChI=1S/C14H29N3O/c1-16-11-7-6-10-13(15)14(18)17-12-8-4-2-3-5-9-12/h12-13,16H,2-11,15H2,1H3,(H,17,18). The highest BCUT2D eigenvalue weighted by Gasteiger charge is 2.18. The molecule has 1 unspecified atom stereocenters. The molecule has 0 bridgehead atoms. The fourth-order valence-electron chi connectivity index (χ4n) is 2.53. The van der Waals surface area contributed by atoms with Crippen molar-refractivity contribution in [2.45, 2.75) is 69.9 Å². The first-order chi connectivity index (χ1) is 8.74. The normalized spacial score (nSPS) is 19.2. The third-order valence-corrected chi connectivity index (χ3v) is 3.73. The van der Waals surface area contributed by atoms with Crippen LogP contribution in [0.2, 0.25) is 0 Å². The summed E-state index contributed by atoms with van der Waals surface area (Å²) in [6.07, 6.45) is 10.2. The minimum Gasteiger partial charge on any atom is -0.352 e. The fourth-order valence-corrected chi connectivity index (χ4v) is 2.53. The summed E-state index contributed by atoms with van der Waals surface area (Å²) >= 11 is 0. The van der Waals surface area contributed by atoms with E-state index >= 15 is 0 Å². The Morgan fingerprint density at radius 3 is 2.50 bits per heavy atom. The maximum Gasteiger partial charge on any atom is 0.237 e. The van der Waals surface area contributed by atoms with Crippen LogP contribution in [-0.4, -0.2) is 31.6 Å². The number of nitrogens with two attached hydrogens (primary N) is 1. The molecule has 1 atom stereocenters. The first kappa shape index (κ1) is 15.4. The molecule has 1 aliphatic carbocycles. The maximum atomic E-state index is 11.9. The second-order valence-corrected chi connectivity index (χ2v) is 5.40. The summed E-state index contributed by atoms with van der Waals surface area (Å²) in [5.74, 6) is 0.0476. The third kappa shape index (κ3) is 6.36. The molecule has 4 N–H and O–H groups in total. The van der Waals surface area contributed by atoms with E-state index in [0.29, 0.717) is 6.04 Å². The van der Waals surface area contributed by atoms with Crippen LogP contribution >= 0.6 is 0 Å². The Hall–Kier alpha value is -0.610. The Morgan fingerprint density at radius 1 is 1.22 bits per heavy atom. The molecule has 0 spiro atoms. The smallest absolute Gasteiger partial charge is 0.237 e. The second-order valence-electron chi connectivity index (χ2n) is 5.40. The molecule has 1 saturated carbocycles. The van der Waals surface area contributed by atoms with Gasteiger partial charge in [0, 0.05) is 6.04 Å². The average molecular weight is 255 g/mol. The SMILES string of the molecule is CNCCCCC(N)C(=O)NC1CCCCCC1. The van der Waals surface area contributed by atoms with E-state index in [2.05, 4.69) is 10.6 Å². The molecule has 1 aliphatic rings. The van der Waals surface area contributed by atoms with Crippen LogP contribution in [0.15, 0.2) is 0 Å². The number of carbonyl (C=O) groups is 1. The van der Waals surface area contributed by atoms with Gasteiger partial charge in [0.15, 0.2) is 0 Å². The van der Waals surface area contributed by atoms with Gasteiger partial charge in [-0.1, -0.05) is 32.1 Å². The maximum absolute atomic E-state index is 11.9. The lowest BCUT2D eigenvalue weighted by atomic mass is 10.1. The van der Waals surface area contributed by atoms with Crippen LogP contribution in [0, 0.1) is 0 Å². The van der Waals surface area contributed by atoms with E-state index in [1.165, 1.54) is 25.7 Å². The fraction of sp³-hybridized carbons (Fsp3) is 0.929. The van der Waals surface area contributed by atoms with Gasteiger partial charge in [0.25, 0.3) is 0 Å². The lowest BCUT2D eigenvalue weighted by Crippen LogP contribution is -2.45. The van der Waals surface area contributed by atoms with E-state index in [1.54, 1.807) is 0 Å². The molecule has 18 heavy (non-hydrogen) atoms. The van der Waals surface area contributed by atoms with E-state index in [-0.39, 0.29) is 11.9 Å². The Bertz CT molecular complexity index is 225. The number of hydrogen-bond acceptors (Lipinski definition) is 3. The number of amides is 1. The summed E-state index contributed by atoms with van der Waals surface area (Å²) in [4.78, 5) is 11.9. The number of hydrogen-bond donors (Lipinski definition) is 3. The lowest BCUT2D eigenvalue weighted by molar-refractivity contribution is -0.123. The van der Waals surface area contributed by atoms with Crippen LogP contribution < -0.4 is 16.4 Å². The summed E-state index contributed by atoms with van der Waals surface area (Å²) in [5, 5.41) is 6.22. The van der Waals surface area contributed by atoms with Crippen molar-refractivity contribution in [3.63, 3.8) is 0 Å². The van der Waals surface area contributed by atoms with Gasteiger partial charge in [-0.15, -0.1) is 0 Å². The molecule has 0 aromatic rings. The van der Waals surface area contributed by atoms with Gasteiger partial charge in [-0.05, 0) is 39.3 Å². The molecular weight excluding hydrogens is 226 g/mol. The molecule has 0 aromatic heterocycles. The second kappa shape index (κ2) is 9.34. The number of rotatable bonds is 7. The van der Waals surface area contributed by atoms with Crippen molar-refractivity contribution in [2.75, 3.05) is 13.6 Å². The van der Waals surface area contributed by atoms with Gasteiger partial charge >= 0.3 is 0 Å². The van der Waals surface area contributed by atoms with Gasteiger partial charge in [-0.2, -0.15) is 0 Å². The molecular formula is C14H29N3O. The van der Waals surface area contributed by atoms with Gasteiger partial charge in [-0.25, -0.2) is 0 Å². The van der Waals surface area contributed by atoms with Crippen molar-refractivity contribution >= 4 is 5.91 Å². The minimum atomic E-state index is -0.329. The number of unbranched alkanes of at least 4 members (excludes halogenated alkanes) is 1. The Balaban J connectivity index is 2.17. The van der Waals surface area contributed by atoms with Gasteiger partial charge < -0.3 is 16.4 Å². The molecule has 106 valence electrons. The van der Waals surface area contributed by atoms with Gasteiger partial charge in [0.05, 0.1) is 6.04 Å². The summed E-state index contributed by atoms with van der Waals surface area (Å²) in [5.41, 5.74) is 5.92. The molecule has 1 fully saturated rings. The van der Waals surface area contributed by atoms with Crippen molar-refractivity contribution in [3.05, 3.63) is 0 Å². The zero-order valence-corrected chi connectivity index (χ0v) is 11.7. The Morgan fingerprint density at radius 2 is 1.89 bits per heavy atom. The van der Waals surface area contributed by atoms with Crippen LogP contribution in [0.3, 0.4) is 0 Å². The van der Waals surface area contributed by atoms with Crippen molar-refractivity contribution in [3.8, 4) is 0 Å². The molecule has 1 amide bonds. The van der Waals surface area contributed by atoms with Crippen molar-refractivity contribution in [2.24, 2.45) is 5.73 Å². The zero-order valence-electron chi connectivity index (χ0n) is 11.7. The van der Waals surface area contributed by atoms with Gasteiger partial charge in [0.2, 0.25) is 5.91 Å². The lowest BCUT2D eigenvalue weighted by Gasteiger charge is -2.19. The molecule has 0 heterocycles. The minimum absolute atomic E-state index is 0.0476. The molecule has 0 aliphatic heterocycles. The monoisotopic (exact) mass is 255 g/mol. The summed E-state index contributed by atoms with van der Waals surface area (Å²) in [6.45, 7) is 0.997. The molecule has 1 rings (SSSR count).